The zero-order valence-corrected chi connectivity index (χ0v) is 14.9. The van der Waals surface area contributed by atoms with Crippen molar-refractivity contribution in [1.82, 2.24) is 0 Å². The number of ether oxygens (including phenoxy) is 1. The summed E-state index contributed by atoms with van der Waals surface area (Å²) in [6.45, 7) is 6.75. The molecule has 0 aliphatic heterocycles. The summed E-state index contributed by atoms with van der Waals surface area (Å²) in [5.74, 6) is 0.772. The zero-order valence-electron chi connectivity index (χ0n) is 14.0. The van der Waals surface area contributed by atoms with Crippen LogP contribution in [-0.4, -0.2) is 29.8 Å². The topological polar surface area (TPSA) is 26.3 Å². The first-order valence-corrected chi connectivity index (χ1v) is 9.62. The van der Waals surface area contributed by atoms with Gasteiger partial charge in [0.15, 0.2) is 0 Å². The second-order valence-electron chi connectivity index (χ2n) is 5.55. The maximum absolute atomic E-state index is 13.4. The largest absolute Gasteiger partial charge is 0.465 e. The van der Waals surface area contributed by atoms with Crippen molar-refractivity contribution in [3.8, 4) is 0 Å². The van der Waals surface area contributed by atoms with E-state index < -0.39 is 6.17 Å². The number of carbonyl (C=O) groups excluding carboxylic acids is 1. The van der Waals surface area contributed by atoms with Crippen LogP contribution < -0.4 is 0 Å². The number of alkyl halides is 1. The van der Waals surface area contributed by atoms with Crippen molar-refractivity contribution in [3.63, 3.8) is 0 Å². The first-order chi connectivity index (χ1) is 10.2. The molecule has 21 heavy (non-hydrogen) atoms. The Labute approximate surface area is 134 Å². The van der Waals surface area contributed by atoms with Crippen LogP contribution in [0.15, 0.2) is 0 Å². The molecule has 0 fully saturated rings. The molecule has 0 aromatic heterocycles. The van der Waals surface area contributed by atoms with Crippen LogP contribution in [0.4, 0.5) is 4.39 Å². The minimum Gasteiger partial charge on any atom is -0.465 e. The van der Waals surface area contributed by atoms with Crippen LogP contribution in [0.25, 0.3) is 0 Å². The van der Waals surface area contributed by atoms with Gasteiger partial charge >= 0.3 is 5.97 Å². The Morgan fingerprint density at radius 1 is 1.00 bits per heavy atom. The summed E-state index contributed by atoms with van der Waals surface area (Å²) in [6.07, 6.45) is 7.31. The third-order valence-corrected chi connectivity index (χ3v) is 4.76. The van der Waals surface area contributed by atoms with E-state index in [0.717, 1.165) is 50.7 Å². The molecule has 0 aliphatic carbocycles. The first-order valence-electron chi connectivity index (χ1n) is 8.57. The molecule has 0 radical (unpaired) electrons. The second-order valence-corrected chi connectivity index (χ2v) is 6.86. The predicted octanol–water partition coefficient (Wildman–Crippen LogP) is 5.54. The third-order valence-electron chi connectivity index (χ3n) is 3.41. The van der Waals surface area contributed by atoms with Crippen LogP contribution in [0.3, 0.4) is 0 Å². The van der Waals surface area contributed by atoms with Crippen molar-refractivity contribution in [1.29, 1.82) is 0 Å². The van der Waals surface area contributed by atoms with Crippen molar-refractivity contribution in [2.45, 2.75) is 90.0 Å². The van der Waals surface area contributed by atoms with Crippen LogP contribution >= 0.6 is 11.8 Å². The van der Waals surface area contributed by atoms with E-state index in [2.05, 4.69) is 13.8 Å². The average Bonchev–Trinajstić information content (AvgIpc) is 2.47. The minimum absolute atomic E-state index is 0.0638. The van der Waals surface area contributed by atoms with Gasteiger partial charge in [-0.25, -0.2) is 4.39 Å². The number of unbranched alkanes of at least 4 members (excludes halogenated alkanes) is 2. The highest BCUT2D eigenvalue weighted by Gasteiger charge is 2.19. The van der Waals surface area contributed by atoms with Crippen LogP contribution in [0.5, 0.6) is 0 Å². The van der Waals surface area contributed by atoms with Gasteiger partial charge in [0.1, 0.15) is 11.4 Å². The molecule has 0 heterocycles. The van der Waals surface area contributed by atoms with Crippen molar-refractivity contribution < 1.29 is 13.9 Å². The maximum atomic E-state index is 13.4. The quantitative estimate of drug-likeness (QED) is 0.310. The van der Waals surface area contributed by atoms with Gasteiger partial charge in [0.25, 0.3) is 0 Å². The Kier molecular flexibility index (Phi) is 14.5. The van der Waals surface area contributed by atoms with Gasteiger partial charge in [-0.15, -0.1) is 11.8 Å². The summed E-state index contributed by atoms with van der Waals surface area (Å²) in [5.41, 5.74) is 0. The number of hydrogen-bond acceptors (Lipinski definition) is 3. The first kappa shape index (κ1) is 20.8. The molecule has 4 heteroatoms. The highest BCUT2D eigenvalue weighted by molar-refractivity contribution is 8.00. The van der Waals surface area contributed by atoms with Crippen molar-refractivity contribution >= 4 is 17.7 Å². The van der Waals surface area contributed by atoms with E-state index in [-0.39, 0.29) is 11.2 Å². The lowest BCUT2D eigenvalue weighted by Gasteiger charge is -2.15. The van der Waals surface area contributed by atoms with Gasteiger partial charge in [0, 0.05) is 0 Å². The van der Waals surface area contributed by atoms with E-state index in [1.807, 2.05) is 6.92 Å². The van der Waals surface area contributed by atoms with Gasteiger partial charge in [-0.1, -0.05) is 46.5 Å². The summed E-state index contributed by atoms with van der Waals surface area (Å²) in [5, 5.41) is -0.0638. The van der Waals surface area contributed by atoms with Gasteiger partial charge in [-0.05, 0) is 37.9 Å². The number of rotatable bonds is 14. The molecule has 0 N–H and O–H groups in total. The molecule has 0 spiro atoms. The predicted molar refractivity (Wildman–Crippen MR) is 90.7 cm³/mol. The molecule has 0 saturated carbocycles. The Bertz CT molecular complexity index is 249. The number of carbonyl (C=O) groups is 1. The smallest absolute Gasteiger partial charge is 0.319 e. The van der Waals surface area contributed by atoms with E-state index in [1.165, 1.54) is 0 Å². The number of esters is 1. The fraction of sp³-hybridized carbons (Fsp3) is 0.941. The lowest BCUT2D eigenvalue weighted by atomic mass is 10.1. The standard InChI is InChI=1S/C17H33FO2S/c1-4-7-12-16(17(19)20-13-8-5-2)21-14-9-11-15(18)10-6-3/h15-16H,4-14H2,1-3H3. The lowest BCUT2D eigenvalue weighted by molar-refractivity contribution is -0.143. The summed E-state index contributed by atoms with van der Waals surface area (Å²) >= 11 is 1.65. The van der Waals surface area contributed by atoms with E-state index in [0.29, 0.717) is 19.4 Å². The van der Waals surface area contributed by atoms with Gasteiger partial charge in [-0.2, -0.15) is 0 Å². The Morgan fingerprint density at radius 2 is 1.71 bits per heavy atom. The van der Waals surface area contributed by atoms with Crippen LogP contribution in [0.1, 0.15) is 78.6 Å². The van der Waals surface area contributed by atoms with E-state index >= 15 is 0 Å². The van der Waals surface area contributed by atoms with Crippen LogP contribution in [-0.2, 0) is 9.53 Å². The summed E-state index contributed by atoms with van der Waals surface area (Å²) in [7, 11) is 0. The fourth-order valence-electron chi connectivity index (χ4n) is 2.06. The third kappa shape index (κ3) is 12.0. The molecule has 0 saturated heterocycles. The van der Waals surface area contributed by atoms with Crippen molar-refractivity contribution in [3.05, 3.63) is 0 Å². The van der Waals surface area contributed by atoms with Crippen molar-refractivity contribution in [2.75, 3.05) is 12.4 Å². The second kappa shape index (κ2) is 14.7. The molecule has 0 rings (SSSR count). The molecule has 0 aromatic carbocycles. The van der Waals surface area contributed by atoms with Crippen molar-refractivity contribution in [2.24, 2.45) is 0 Å². The monoisotopic (exact) mass is 320 g/mol. The van der Waals surface area contributed by atoms with Crippen LogP contribution in [0, 0.1) is 0 Å². The zero-order chi connectivity index (χ0) is 15.9. The molecule has 0 aromatic rings. The summed E-state index contributed by atoms with van der Waals surface area (Å²) in [6, 6.07) is 0. The van der Waals surface area contributed by atoms with E-state index in [9.17, 15) is 9.18 Å². The summed E-state index contributed by atoms with van der Waals surface area (Å²) in [4.78, 5) is 12.0. The maximum Gasteiger partial charge on any atom is 0.319 e. The highest BCUT2D eigenvalue weighted by Crippen LogP contribution is 2.22. The Balaban J connectivity index is 3.96. The molecule has 126 valence electrons. The number of thioether (sulfide) groups is 1. The SMILES string of the molecule is CCCCOC(=O)C(CCCC)SCCCC(F)CCC. The van der Waals surface area contributed by atoms with E-state index in [4.69, 9.17) is 4.74 Å². The fourth-order valence-corrected chi connectivity index (χ4v) is 3.21. The molecular formula is C17H33FO2S. The molecule has 0 bridgehead atoms. The highest BCUT2D eigenvalue weighted by atomic mass is 32.2. The molecule has 0 amide bonds. The molecule has 0 aliphatic rings. The average molecular weight is 321 g/mol. The van der Waals surface area contributed by atoms with Crippen LogP contribution in [0.2, 0.25) is 0 Å². The molecule has 2 unspecified atom stereocenters. The van der Waals surface area contributed by atoms with Gasteiger partial charge in [0.2, 0.25) is 0 Å². The number of hydrogen-bond donors (Lipinski definition) is 0. The van der Waals surface area contributed by atoms with Gasteiger partial charge < -0.3 is 4.74 Å². The normalized spacial score (nSPS) is 13.9. The van der Waals surface area contributed by atoms with E-state index in [1.54, 1.807) is 11.8 Å². The Morgan fingerprint density at radius 3 is 2.33 bits per heavy atom. The number of halogens is 1. The minimum atomic E-state index is -0.679. The lowest BCUT2D eigenvalue weighted by Crippen LogP contribution is -2.21. The van der Waals surface area contributed by atoms with Gasteiger partial charge in [0.05, 0.1) is 6.61 Å². The summed E-state index contributed by atoms with van der Waals surface area (Å²) < 4.78 is 18.7. The molecule has 2 atom stereocenters. The molecule has 2 nitrogen and oxygen atoms in total. The molecular weight excluding hydrogens is 287 g/mol. The van der Waals surface area contributed by atoms with Gasteiger partial charge in [-0.3, -0.25) is 4.79 Å². The Hall–Kier alpha value is -0.250.